The Morgan fingerprint density at radius 3 is 2.59 bits per heavy atom. The SMILES string of the molecule is CC(C)(C)[S@@](=O)N[C@H]1CC(=O)c2ccccc21. The third-order valence-corrected chi connectivity index (χ3v) is 4.44. The Balaban J connectivity index is 2.21. The van der Waals surface area contributed by atoms with Gasteiger partial charge < -0.3 is 0 Å². The summed E-state index contributed by atoms with van der Waals surface area (Å²) in [6.45, 7) is 5.75. The van der Waals surface area contributed by atoms with E-state index in [9.17, 15) is 9.00 Å². The molecule has 0 fully saturated rings. The monoisotopic (exact) mass is 251 g/mol. The summed E-state index contributed by atoms with van der Waals surface area (Å²) in [6, 6.07) is 7.42. The van der Waals surface area contributed by atoms with Crippen LogP contribution in [-0.4, -0.2) is 14.7 Å². The quantitative estimate of drug-likeness (QED) is 0.877. The summed E-state index contributed by atoms with van der Waals surface area (Å²) in [4.78, 5) is 11.8. The Morgan fingerprint density at radius 1 is 1.29 bits per heavy atom. The van der Waals surface area contributed by atoms with Crippen molar-refractivity contribution in [2.24, 2.45) is 0 Å². The molecule has 2 rings (SSSR count). The zero-order valence-corrected chi connectivity index (χ0v) is 11.1. The van der Waals surface area contributed by atoms with Crippen molar-refractivity contribution in [3.8, 4) is 0 Å². The lowest BCUT2D eigenvalue weighted by Gasteiger charge is -2.21. The van der Waals surface area contributed by atoms with Crippen LogP contribution in [0.15, 0.2) is 24.3 Å². The number of carbonyl (C=O) groups is 1. The number of nitrogens with one attached hydrogen (secondary N) is 1. The molecule has 0 spiro atoms. The van der Waals surface area contributed by atoms with Crippen LogP contribution in [0, 0.1) is 0 Å². The van der Waals surface area contributed by atoms with Gasteiger partial charge in [0.05, 0.1) is 21.8 Å². The van der Waals surface area contributed by atoms with Crippen LogP contribution in [0.25, 0.3) is 0 Å². The molecule has 0 saturated carbocycles. The van der Waals surface area contributed by atoms with Gasteiger partial charge in [0.25, 0.3) is 0 Å². The molecule has 0 unspecified atom stereocenters. The molecule has 0 radical (unpaired) electrons. The molecule has 1 N–H and O–H groups in total. The Bertz CT molecular complexity index is 477. The van der Waals surface area contributed by atoms with Crippen molar-refractivity contribution in [2.75, 3.05) is 0 Å². The fourth-order valence-electron chi connectivity index (χ4n) is 1.87. The zero-order chi connectivity index (χ0) is 12.6. The minimum absolute atomic E-state index is 0.112. The lowest BCUT2D eigenvalue weighted by Crippen LogP contribution is -2.35. The molecule has 0 bridgehead atoms. The molecule has 3 nitrogen and oxygen atoms in total. The zero-order valence-electron chi connectivity index (χ0n) is 10.3. The summed E-state index contributed by atoms with van der Waals surface area (Å²) >= 11 is 0. The molecule has 0 saturated heterocycles. The number of hydrogen-bond donors (Lipinski definition) is 1. The Morgan fingerprint density at radius 2 is 1.94 bits per heavy atom. The van der Waals surface area contributed by atoms with Crippen molar-refractivity contribution in [1.29, 1.82) is 0 Å². The Labute approximate surface area is 104 Å². The lowest BCUT2D eigenvalue weighted by atomic mass is 10.1. The summed E-state index contributed by atoms with van der Waals surface area (Å²) in [7, 11) is -1.15. The molecule has 0 heterocycles. The standard InChI is InChI=1S/C13H17NO2S/c1-13(2,3)17(16)14-11-8-12(15)10-7-5-4-6-9(10)11/h4-7,11,14H,8H2,1-3H3/t11-,17+/m0/s1. The van der Waals surface area contributed by atoms with E-state index in [4.69, 9.17) is 0 Å². The molecular weight excluding hydrogens is 234 g/mol. The van der Waals surface area contributed by atoms with Gasteiger partial charge in [-0.05, 0) is 26.3 Å². The average Bonchev–Trinajstić information content (AvgIpc) is 2.56. The molecule has 92 valence electrons. The minimum atomic E-state index is -1.15. The molecule has 2 atom stereocenters. The van der Waals surface area contributed by atoms with Crippen LogP contribution in [0.5, 0.6) is 0 Å². The van der Waals surface area contributed by atoms with E-state index in [0.717, 1.165) is 11.1 Å². The summed E-state index contributed by atoms with van der Waals surface area (Å²) in [6.07, 6.45) is 0.404. The molecule has 0 amide bonds. The smallest absolute Gasteiger partial charge is 0.165 e. The van der Waals surface area contributed by atoms with Crippen molar-refractivity contribution in [2.45, 2.75) is 38.0 Å². The fourth-order valence-corrected chi connectivity index (χ4v) is 2.69. The highest BCUT2D eigenvalue weighted by Crippen LogP contribution is 2.31. The van der Waals surface area contributed by atoms with Crippen molar-refractivity contribution in [3.05, 3.63) is 35.4 Å². The third-order valence-electron chi connectivity index (χ3n) is 2.83. The molecule has 4 heteroatoms. The van der Waals surface area contributed by atoms with Gasteiger partial charge >= 0.3 is 0 Å². The second kappa shape index (κ2) is 4.35. The second-order valence-corrected chi connectivity index (χ2v) is 7.26. The van der Waals surface area contributed by atoms with Gasteiger partial charge in [0.15, 0.2) is 5.78 Å². The Kier molecular flexibility index (Phi) is 3.19. The number of rotatable bonds is 2. The van der Waals surface area contributed by atoms with Crippen molar-refractivity contribution in [1.82, 2.24) is 4.72 Å². The van der Waals surface area contributed by atoms with Crippen molar-refractivity contribution >= 4 is 16.8 Å². The summed E-state index contributed by atoms with van der Waals surface area (Å²) < 4.78 is 14.8. The summed E-state index contributed by atoms with van der Waals surface area (Å²) in [5.41, 5.74) is 1.73. The van der Waals surface area contributed by atoms with E-state index >= 15 is 0 Å². The van der Waals surface area contributed by atoms with Gasteiger partial charge in [-0.2, -0.15) is 0 Å². The first-order valence-electron chi connectivity index (χ1n) is 5.70. The molecule has 1 aliphatic carbocycles. The van der Waals surface area contributed by atoms with E-state index in [0.29, 0.717) is 6.42 Å². The van der Waals surface area contributed by atoms with Gasteiger partial charge in [0.2, 0.25) is 0 Å². The average molecular weight is 251 g/mol. The van der Waals surface area contributed by atoms with Gasteiger partial charge in [-0.1, -0.05) is 24.3 Å². The first kappa shape index (κ1) is 12.5. The normalized spacial score (nSPS) is 21.4. The maximum atomic E-state index is 12.0. The topological polar surface area (TPSA) is 46.2 Å². The van der Waals surface area contributed by atoms with Crippen LogP contribution in [0.3, 0.4) is 0 Å². The molecule has 1 aliphatic rings. The maximum absolute atomic E-state index is 12.0. The van der Waals surface area contributed by atoms with Gasteiger partial charge in [0.1, 0.15) is 0 Å². The van der Waals surface area contributed by atoms with Crippen LogP contribution >= 0.6 is 0 Å². The number of carbonyl (C=O) groups excluding carboxylic acids is 1. The van der Waals surface area contributed by atoms with Crippen molar-refractivity contribution < 1.29 is 9.00 Å². The Hall–Kier alpha value is -1.00. The van der Waals surface area contributed by atoms with Crippen LogP contribution < -0.4 is 4.72 Å². The maximum Gasteiger partial charge on any atom is 0.165 e. The van der Waals surface area contributed by atoms with Gasteiger partial charge in [-0.3, -0.25) is 4.79 Å². The van der Waals surface area contributed by atoms with E-state index in [1.807, 2.05) is 45.0 Å². The number of benzene rings is 1. The third kappa shape index (κ3) is 2.48. The largest absolute Gasteiger partial charge is 0.294 e. The van der Waals surface area contributed by atoms with Gasteiger partial charge in [-0.25, -0.2) is 8.93 Å². The molecule has 17 heavy (non-hydrogen) atoms. The highest BCUT2D eigenvalue weighted by Gasteiger charge is 2.32. The van der Waals surface area contributed by atoms with E-state index in [-0.39, 0.29) is 16.6 Å². The molecule has 0 aliphatic heterocycles. The number of hydrogen-bond acceptors (Lipinski definition) is 2. The van der Waals surface area contributed by atoms with Crippen LogP contribution in [0.1, 0.15) is 49.2 Å². The number of ketones is 1. The molecule has 1 aromatic rings. The summed E-state index contributed by atoms with van der Waals surface area (Å²) in [5, 5.41) is 0. The predicted molar refractivity (Wildman–Crippen MR) is 69.2 cm³/mol. The second-order valence-electron chi connectivity index (χ2n) is 5.27. The first-order chi connectivity index (χ1) is 7.89. The number of Topliss-reactive ketones (excluding diaryl/α,β-unsaturated/α-hetero) is 1. The van der Waals surface area contributed by atoms with Gasteiger partial charge in [0, 0.05) is 12.0 Å². The van der Waals surface area contributed by atoms with Crippen LogP contribution in [0.4, 0.5) is 0 Å². The van der Waals surface area contributed by atoms with E-state index < -0.39 is 11.0 Å². The van der Waals surface area contributed by atoms with E-state index in [2.05, 4.69) is 4.72 Å². The molecule has 1 aromatic carbocycles. The van der Waals surface area contributed by atoms with E-state index in [1.165, 1.54) is 0 Å². The van der Waals surface area contributed by atoms with Crippen LogP contribution in [0.2, 0.25) is 0 Å². The molecular formula is C13H17NO2S. The van der Waals surface area contributed by atoms with Gasteiger partial charge in [-0.15, -0.1) is 0 Å². The fraction of sp³-hybridized carbons (Fsp3) is 0.462. The van der Waals surface area contributed by atoms with Crippen LogP contribution in [-0.2, 0) is 11.0 Å². The lowest BCUT2D eigenvalue weighted by molar-refractivity contribution is 0.0988. The van der Waals surface area contributed by atoms with Crippen molar-refractivity contribution in [3.63, 3.8) is 0 Å². The van der Waals surface area contributed by atoms with E-state index in [1.54, 1.807) is 0 Å². The highest BCUT2D eigenvalue weighted by molar-refractivity contribution is 7.84. The first-order valence-corrected chi connectivity index (χ1v) is 6.85. The minimum Gasteiger partial charge on any atom is -0.294 e. The number of fused-ring (bicyclic) bond motifs is 1. The predicted octanol–water partition coefficient (Wildman–Crippen LogP) is 2.37. The highest BCUT2D eigenvalue weighted by atomic mass is 32.2. The summed E-state index contributed by atoms with van der Waals surface area (Å²) in [5.74, 6) is 0.129. The molecule has 0 aromatic heterocycles.